The lowest BCUT2D eigenvalue weighted by molar-refractivity contribution is 0.0951. The molecule has 0 radical (unpaired) electrons. The van der Waals surface area contributed by atoms with Crippen LogP contribution in [0.1, 0.15) is 16.1 Å². The number of nitrogens with zero attached hydrogens (tertiary/aromatic N) is 1. The van der Waals surface area contributed by atoms with Crippen LogP contribution in [0.2, 0.25) is 0 Å². The molecule has 1 amide bonds. The second-order valence-corrected chi connectivity index (χ2v) is 3.96. The van der Waals surface area contributed by atoms with Crippen LogP contribution in [-0.4, -0.2) is 18.0 Å². The highest BCUT2D eigenvalue weighted by Crippen LogP contribution is 2.19. The van der Waals surface area contributed by atoms with Gasteiger partial charge in [-0.1, -0.05) is 6.07 Å². The van der Waals surface area contributed by atoms with Crippen LogP contribution >= 0.6 is 0 Å². The molecule has 19 heavy (non-hydrogen) atoms. The van der Waals surface area contributed by atoms with E-state index < -0.39 is 0 Å². The van der Waals surface area contributed by atoms with Gasteiger partial charge in [-0.3, -0.25) is 9.78 Å². The molecule has 98 valence electrons. The minimum atomic E-state index is -0.231. The summed E-state index contributed by atoms with van der Waals surface area (Å²) < 4.78 is 5.04. The Morgan fingerprint density at radius 2 is 2.21 bits per heavy atom. The van der Waals surface area contributed by atoms with Gasteiger partial charge in [0.2, 0.25) is 0 Å². The molecule has 0 spiro atoms. The van der Waals surface area contributed by atoms with Gasteiger partial charge < -0.3 is 15.8 Å². The van der Waals surface area contributed by atoms with Crippen LogP contribution in [0.3, 0.4) is 0 Å². The summed E-state index contributed by atoms with van der Waals surface area (Å²) in [4.78, 5) is 16.1. The maximum atomic E-state index is 12.0. The molecular weight excluding hydrogens is 242 g/mol. The number of rotatable bonds is 4. The second kappa shape index (κ2) is 5.86. The molecule has 0 atom stereocenters. The Labute approximate surface area is 111 Å². The van der Waals surface area contributed by atoms with Gasteiger partial charge in [0, 0.05) is 18.0 Å². The summed E-state index contributed by atoms with van der Waals surface area (Å²) in [6.07, 6.45) is 1.68. The number of nitrogens with two attached hydrogens (primary N) is 1. The van der Waals surface area contributed by atoms with Crippen LogP contribution in [0.25, 0.3) is 0 Å². The van der Waals surface area contributed by atoms with Gasteiger partial charge in [-0.25, -0.2) is 0 Å². The zero-order valence-electron chi connectivity index (χ0n) is 10.6. The molecule has 0 saturated carbocycles. The minimum Gasteiger partial charge on any atom is -0.497 e. The standard InChI is InChI=1S/C14H15N3O2/c1-19-11-5-6-12(13(15)8-11)14(18)17-9-10-4-2-3-7-16-10/h2-8H,9,15H2,1H3,(H,17,18). The number of ether oxygens (including phenoxy) is 1. The molecular formula is C14H15N3O2. The number of carbonyl (C=O) groups excluding carboxylic acids is 1. The number of aromatic nitrogens is 1. The summed E-state index contributed by atoms with van der Waals surface area (Å²) in [5, 5.41) is 2.77. The predicted octanol–water partition coefficient (Wildman–Crippen LogP) is 1.60. The van der Waals surface area contributed by atoms with Crippen molar-refractivity contribution in [3.63, 3.8) is 0 Å². The van der Waals surface area contributed by atoms with E-state index in [2.05, 4.69) is 10.3 Å². The molecule has 0 aliphatic heterocycles. The fraction of sp³-hybridized carbons (Fsp3) is 0.143. The molecule has 3 N–H and O–H groups in total. The van der Waals surface area contributed by atoms with E-state index in [0.717, 1.165) is 5.69 Å². The summed E-state index contributed by atoms with van der Waals surface area (Å²) in [6, 6.07) is 10.5. The molecule has 0 fully saturated rings. The third-order valence-corrected chi connectivity index (χ3v) is 2.66. The Hall–Kier alpha value is -2.56. The molecule has 0 aliphatic rings. The number of methoxy groups -OCH3 is 1. The van der Waals surface area contributed by atoms with E-state index in [1.807, 2.05) is 18.2 Å². The quantitative estimate of drug-likeness (QED) is 0.816. The molecule has 2 rings (SSSR count). The van der Waals surface area contributed by atoms with Crippen molar-refractivity contribution in [2.24, 2.45) is 0 Å². The van der Waals surface area contributed by atoms with Crippen LogP contribution < -0.4 is 15.8 Å². The van der Waals surface area contributed by atoms with Gasteiger partial charge >= 0.3 is 0 Å². The van der Waals surface area contributed by atoms with Crippen molar-refractivity contribution >= 4 is 11.6 Å². The topological polar surface area (TPSA) is 77.2 Å². The number of nitrogens with one attached hydrogen (secondary N) is 1. The highest BCUT2D eigenvalue weighted by molar-refractivity contribution is 5.99. The summed E-state index contributed by atoms with van der Waals surface area (Å²) in [5.41, 5.74) is 7.42. The van der Waals surface area contributed by atoms with Crippen LogP contribution in [-0.2, 0) is 6.54 Å². The van der Waals surface area contributed by atoms with Crippen molar-refractivity contribution in [1.29, 1.82) is 0 Å². The summed E-state index contributed by atoms with van der Waals surface area (Å²) in [6.45, 7) is 0.366. The number of benzene rings is 1. The maximum absolute atomic E-state index is 12.0. The van der Waals surface area contributed by atoms with E-state index in [1.165, 1.54) is 0 Å². The smallest absolute Gasteiger partial charge is 0.253 e. The van der Waals surface area contributed by atoms with Gasteiger partial charge in [0.25, 0.3) is 5.91 Å². The molecule has 1 heterocycles. The number of nitrogen functional groups attached to an aromatic ring is 1. The van der Waals surface area contributed by atoms with Crippen molar-refractivity contribution in [2.75, 3.05) is 12.8 Å². The average Bonchev–Trinajstić information content (AvgIpc) is 2.45. The SMILES string of the molecule is COc1ccc(C(=O)NCc2ccccn2)c(N)c1. The Balaban J connectivity index is 2.04. The van der Waals surface area contributed by atoms with E-state index in [9.17, 15) is 4.79 Å². The first kappa shape index (κ1) is 12.9. The molecule has 0 bridgehead atoms. The van der Waals surface area contributed by atoms with Crippen molar-refractivity contribution in [3.8, 4) is 5.75 Å². The van der Waals surface area contributed by atoms with Crippen LogP contribution in [0.4, 0.5) is 5.69 Å². The Morgan fingerprint density at radius 1 is 1.37 bits per heavy atom. The Kier molecular flexibility index (Phi) is 3.97. The third-order valence-electron chi connectivity index (χ3n) is 2.66. The first-order valence-corrected chi connectivity index (χ1v) is 5.82. The van der Waals surface area contributed by atoms with Gasteiger partial charge in [-0.2, -0.15) is 0 Å². The van der Waals surface area contributed by atoms with Crippen LogP contribution in [0.5, 0.6) is 5.75 Å². The predicted molar refractivity (Wildman–Crippen MR) is 72.8 cm³/mol. The first-order valence-electron chi connectivity index (χ1n) is 5.82. The highest BCUT2D eigenvalue weighted by Gasteiger charge is 2.10. The van der Waals surface area contributed by atoms with E-state index in [4.69, 9.17) is 10.5 Å². The first-order chi connectivity index (χ1) is 9.20. The number of anilines is 1. The average molecular weight is 257 g/mol. The molecule has 1 aromatic heterocycles. The lowest BCUT2D eigenvalue weighted by Crippen LogP contribution is -2.24. The fourth-order valence-corrected chi connectivity index (χ4v) is 1.64. The third kappa shape index (κ3) is 3.22. The number of hydrogen-bond acceptors (Lipinski definition) is 4. The zero-order chi connectivity index (χ0) is 13.7. The Bertz CT molecular complexity index is 570. The molecule has 5 heteroatoms. The molecule has 2 aromatic rings. The lowest BCUT2D eigenvalue weighted by Gasteiger charge is -2.08. The molecule has 5 nitrogen and oxygen atoms in total. The van der Waals surface area contributed by atoms with Gasteiger partial charge in [0.1, 0.15) is 5.75 Å². The number of carbonyl (C=O) groups is 1. The van der Waals surface area contributed by atoms with E-state index in [1.54, 1.807) is 31.5 Å². The van der Waals surface area contributed by atoms with Gasteiger partial charge in [-0.15, -0.1) is 0 Å². The Morgan fingerprint density at radius 3 is 2.84 bits per heavy atom. The lowest BCUT2D eigenvalue weighted by atomic mass is 10.1. The zero-order valence-corrected chi connectivity index (χ0v) is 10.6. The van der Waals surface area contributed by atoms with Gasteiger partial charge in [0.05, 0.1) is 24.9 Å². The molecule has 0 saturated heterocycles. The van der Waals surface area contributed by atoms with Crippen molar-refractivity contribution in [3.05, 3.63) is 53.9 Å². The summed E-state index contributed by atoms with van der Waals surface area (Å²) >= 11 is 0. The number of pyridine rings is 1. The van der Waals surface area contributed by atoms with Crippen molar-refractivity contribution in [1.82, 2.24) is 10.3 Å². The summed E-state index contributed by atoms with van der Waals surface area (Å²) in [7, 11) is 1.55. The number of amides is 1. The fourth-order valence-electron chi connectivity index (χ4n) is 1.64. The largest absolute Gasteiger partial charge is 0.497 e. The van der Waals surface area contributed by atoms with Crippen molar-refractivity contribution in [2.45, 2.75) is 6.54 Å². The van der Waals surface area contributed by atoms with Gasteiger partial charge in [-0.05, 0) is 24.3 Å². The van der Waals surface area contributed by atoms with Crippen molar-refractivity contribution < 1.29 is 9.53 Å². The van der Waals surface area contributed by atoms with E-state index in [0.29, 0.717) is 23.5 Å². The van der Waals surface area contributed by atoms with Crippen LogP contribution in [0, 0.1) is 0 Å². The molecule has 0 unspecified atom stereocenters. The van der Waals surface area contributed by atoms with E-state index >= 15 is 0 Å². The van der Waals surface area contributed by atoms with E-state index in [-0.39, 0.29) is 5.91 Å². The maximum Gasteiger partial charge on any atom is 0.253 e. The highest BCUT2D eigenvalue weighted by atomic mass is 16.5. The molecule has 0 aliphatic carbocycles. The molecule has 1 aromatic carbocycles. The minimum absolute atomic E-state index is 0.231. The van der Waals surface area contributed by atoms with Gasteiger partial charge in [0.15, 0.2) is 0 Å². The second-order valence-electron chi connectivity index (χ2n) is 3.96. The number of hydrogen-bond donors (Lipinski definition) is 2. The van der Waals surface area contributed by atoms with Crippen LogP contribution in [0.15, 0.2) is 42.6 Å². The normalized spacial score (nSPS) is 9.95. The summed E-state index contributed by atoms with van der Waals surface area (Å²) in [5.74, 6) is 0.393. The monoisotopic (exact) mass is 257 g/mol.